The molecule has 3 rings (SSSR count). The second-order valence-corrected chi connectivity index (χ2v) is 7.90. The zero-order valence-corrected chi connectivity index (χ0v) is 13.9. The van der Waals surface area contributed by atoms with Crippen LogP contribution in [-0.2, 0) is 21.8 Å². The Balaban J connectivity index is 1.81. The molecule has 10 nitrogen and oxygen atoms in total. The summed E-state index contributed by atoms with van der Waals surface area (Å²) in [5.41, 5.74) is -1.62. The molecule has 1 saturated carbocycles. The summed E-state index contributed by atoms with van der Waals surface area (Å²) in [6.07, 6.45) is 2.59. The summed E-state index contributed by atoms with van der Waals surface area (Å²) in [5.74, 6) is -0.678. The van der Waals surface area contributed by atoms with Gasteiger partial charge in [-0.05, 0) is 6.42 Å². The number of fused-ring (bicyclic) bond motifs is 1. The zero-order chi connectivity index (χ0) is 17.6. The maximum absolute atomic E-state index is 12.4. The predicted molar refractivity (Wildman–Crippen MR) is 83.2 cm³/mol. The standard InChI is InChI=1S/C13H18N4O6S/c1-17-5-7(12(19)15-13(17)20)11(18)14-8-6-3-4-23-10(6)9(8)16-24(2,21)22/h5-6,8-10,16H,3-4H2,1-2H3,(H,14,18)(H,15,19,20)/t6-,8+,9-,10-/m1/s1. The van der Waals surface area contributed by atoms with Gasteiger partial charge in [0.25, 0.3) is 11.5 Å². The van der Waals surface area contributed by atoms with E-state index in [0.717, 1.165) is 17.0 Å². The summed E-state index contributed by atoms with van der Waals surface area (Å²) in [5, 5.41) is 2.68. The van der Waals surface area contributed by atoms with E-state index in [9.17, 15) is 22.8 Å². The van der Waals surface area contributed by atoms with Crippen molar-refractivity contribution in [1.29, 1.82) is 0 Å². The Morgan fingerprint density at radius 3 is 2.75 bits per heavy atom. The van der Waals surface area contributed by atoms with Crippen molar-refractivity contribution in [1.82, 2.24) is 19.6 Å². The molecule has 1 aromatic rings. The van der Waals surface area contributed by atoms with Gasteiger partial charge in [0.15, 0.2) is 0 Å². The lowest BCUT2D eigenvalue weighted by atomic mass is 9.72. The minimum Gasteiger partial charge on any atom is -0.376 e. The Hall–Kier alpha value is -1.98. The average molecular weight is 358 g/mol. The van der Waals surface area contributed by atoms with Gasteiger partial charge >= 0.3 is 5.69 Å². The summed E-state index contributed by atoms with van der Waals surface area (Å²) in [4.78, 5) is 37.6. The fourth-order valence-corrected chi connectivity index (χ4v) is 4.02. The number of amides is 1. The Labute approximate surface area is 137 Å². The molecule has 1 saturated heterocycles. The number of ether oxygens (including phenoxy) is 1. The van der Waals surface area contributed by atoms with Crippen LogP contribution in [0.5, 0.6) is 0 Å². The Morgan fingerprint density at radius 2 is 2.08 bits per heavy atom. The number of aromatic amines is 1. The molecule has 0 unspecified atom stereocenters. The van der Waals surface area contributed by atoms with E-state index < -0.39 is 39.3 Å². The number of carbonyl (C=O) groups excluding carboxylic acids is 1. The van der Waals surface area contributed by atoms with Gasteiger partial charge in [0.05, 0.1) is 24.4 Å². The normalized spacial score (nSPS) is 28.9. The minimum atomic E-state index is -3.47. The molecule has 4 atom stereocenters. The second kappa shape index (κ2) is 5.83. The first-order valence-electron chi connectivity index (χ1n) is 7.37. The first kappa shape index (κ1) is 16.9. The minimum absolute atomic E-state index is 0.0141. The molecule has 11 heteroatoms. The molecule has 1 aliphatic carbocycles. The molecule has 2 heterocycles. The number of aryl methyl sites for hydroxylation is 1. The van der Waals surface area contributed by atoms with Crippen molar-refractivity contribution >= 4 is 15.9 Å². The average Bonchev–Trinajstić information content (AvgIpc) is 2.90. The summed E-state index contributed by atoms with van der Waals surface area (Å²) in [6, 6.07) is -1.06. The van der Waals surface area contributed by atoms with Gasteiger partial charge in [-0.1, -0.05) is 0 Å². The van der Waals surface area contributed by atoms with Crippen LogP contribution in [0.15, 0.2) is 15.8 Å². The number of sulfonamides is 1. The van der Waals surface area contributed by atoms with Crippen LogP contribution in [0.4, 0.5) is 0 Å². The van der Waals surface area contributed by atoms with Gasteiger partial charge in [0.1, 0.15) is 5.56 Å². The Morgan fingerprint density at radius 1 is 1.38 bits per heavy atom. The predicted octanol–water partition coefficient (Wildman–Crippen LogP) is -2.49. The van der Waals surface area contributed by atoms with Crippen LogP contribution in [-0.4, -0.2) is 54.9 Å². The van der Waals surface area contributed by atoms with Crippen molar-refractivity contribution < 1.29 is 17.9 Å². The molecule has 0 aromatic carbocycles. The molecule has 1 aliphatic heterocycles. The van der Waals surface area contributed by atoms with Crippen LogP contribution in [0.1, 0.15) is 16.8 Å². The van der Waals surface area contributed by atoms with E-state index in [1.54, 1.807) is 0 Å². The monoisotopic (exact) mass is 358 g/mol. The van der Waals surface area contributed by atoms with Crippen LogP contribution in [0.3, 0.4) is 0 Å². The number of nitrogens with one attached hydrogen (secondary N) is 3. The fraction of sp³-hybridized carbons (Fsp3) is 0.615. The Bertz CT molecular complexity index is 888. The lowest BCUT2D eigenvalue weighted by Crippen LogP contribution is -2.71. The summed E-state index contributed by atoms with van der Waals surface area (Å²) >= 11 is 0. The van der Waals surface area contributed by atoms with E-state index >= 15 is 0 Å². The quantitative estimate of drug-likeness (QED) is 0.544. The summed E-state index contributed by atoms with van der Waals surface area (Å²) in [6.45, 7) is 0.490. The van der Waals surface area contributed by atoms with Crippen LogP contribution in [0, 0.1) is 5.92 Å². The SMILES string of the molecule is Cn1cc(C(=O)N[C@H]2[C@H]3CCO[C@H]3[C@@H]2NS(C)(=O)=O)c(=O)[nH]c1=O. The molecule has 3 N–H and O–H groups in total. The lowest BCUT2D eigenvalue weighted by Gasteiger charge is -2.47. The van der Waals surface area contributed by atoms with Crippen LogP contribution in [0.2, 0.25) is 0 Å². The first-order valence-corrected chi connectivity index (χ1v) is 9.26. The van der Waals surface area contributed by atoms with Gasteiger partial charge in [-0.2, -0.15) is 0 Å². The maximum atomic E-state index is 12.4. The van der Waals surface area contributed by atoms with Gasteiger partial charge < -0.3 is 14.6 Å². The van der Waals surface area contributed by atoms with Gasteiger partial charge in [-0.3, -0.25) is 14.6 Å². The lowest BCUT2D eigenvalue weighted by molar-refractivity contribution is -0.0194. The van der Waals surface area contributed by atoms with E-state index in [-0.39, 0.29) is 17.6 Å². The van der Waals surface area contributed by atoms with Crippen LogP contribution >= 0.6 is 0 Å². The van der Waals surface area contributed by atoms with Crippen molar-refractivity contribution in [2.45, 2.75) is 24.6 Å². The molecule has 0 radical (unpaired) electrons. The molecule has 2 aliphatic rings. The number of hydrogen-bond donors (Lipinski definition) is 3. The van der Waals surface area contributed by atoms with E-state index in [2.05, 4.69) is 10.0 Å². The number of H-pyrrole nitrogens is 1. The first-order chi connectivity index (χ1) is 11.2. The third-order valence-corrected chi connectivity index (χ3v) is 5.09. The number of rotatable bonds is 4. The van der Waals surface area contributed by atoms with Crippen molar-refractivity contribution in [2.75, 3.05) is 12.9 Å². The molecular formula is C13H18N4O6S. The third kappa shape index (κ3) is 3.01. The summed E-state index contributed by atoms with van der Waals surface area (Å²) < 4.78 is 32.0. The van der Waals surface area contributed by atoms with Gasteiger partial charge in [0, 0.05) is 25.8 Å². The molecule has 1 aromatic heterocycles. The summed E-state index contributed by atoms with van der Waals surface area (Å²) in [7, 11) is -2.06. The topological polar surface area (TPSA) is 139 Å². The fourth-order valence-electron chi connectivity index (χ4n) is 3.25. The van der Waals surface area contributed by atoms with Crippen molar-refractivity contribution in [2.24, 2.45) is 13.0 Å². The molecule has 132 valence electrons. The molecule has 24 heavy (non-hydrogen) atoms. The van der Waals surface area contributed by atoms with E-state index in [0.29, 0.717) is 13.0 Å². The van der Waals surface area contributed by atoms with Crippen molar-refractivity contribution in [3.63, 3.8) is 0 Å². The molecular weight excluding hydrogens is 340 g/mol. The van der Waals surface area contributed by atoms with Gasteiger partial charge in [-0.25, -0.2) is 17.9 Å². The van der Waals surface area contributed by atoms with Gasteiger partial charge in [0.2, 0.25) is 10.0 Å². The third-order valence-electron chi connectivity index (χ3n) is 4.39. The van der Waals surface area contributed by atoms with Crippen molar-refractivity contribution in [3.05, 3.63) is 32.6 Å². The van der Waals surface area contributed by atoms with Crippen LogP contribution in [0.25, 0.3) is 0 Å². The second-order valence-electron chi connectivity index (χ2n) is 6.12. The van der Waals surface area contributed by atoms with Crippen LogP contribution < -0.4 is 21.3 Å². The highest BCUT2D eigenvalue weighted by atomic mass is 32.2. The zero-order valence-electron chi connectivity index (χ0n) is 13.1. The van der Waals surface area contributed by atoms with Crippen molar-refractivity contribution in [3.8, 4) is 0 Å². The smallest absolute Gasteiger partial charge is 0.328 e. The number of aromatic nitrogens is 2. The molecule has 0 bridgehead atoms. The van der Waals surface area contributed by atoms with E-state index in [1.807, 2.05) is 4.98 Å². The highest BCUT2D eigenvalue weighted by Crippen LogP contribution is 2.39. The number of carbonyl (C=O) groups is 1. The van der Waals surface area contributed by atoms with Gasteiger partial charge in [-0.15, -0.1) is 0 Å². The highest BCUT2D eigenvalue weighted by molar-refractivity contribution is 7.88. The Kier molecular flexibility index (Phi) is 4.10. The largest absolute Gasteiger partial charge is 0.376 e. The molecule has 0 spiro atoms. The number of nitrogens with zero attached hydrogens (tertiary/aromatic N) is 1. The maximum Gasteiger partial charge on any atom is 0.328 e. The van der Waals surface area contributed by atoms with E-state index in [1.165, 1.54) is 7.05 Å². The molecule has 1 amide bonds. The van der Waals surface area contributed by atoms with E-state index in [4.69, 9.17) is 4.74 Å². The number of hydrogen-bond acceptors (Lipinski definition) is 6. The highest BCUT2D eigenvalue weighted by Gasteiger charge is 2.55. The molecule has 2 fully saturated rings.